The number of halogens is 2. The number of sulfonamides is 1. The first-order chi connectivity index (χ1) is 9.46. The molecule has 6 heteroatoms. The average Bonchev–Trinajstić information content (AvgIpc) is 2.41. The van der Waals surface area contributed by atoms with E-state index in [0.29, 0.717) is 22.2 Å². The molecule has 3 nitrogen and oxygen atoms in total. The normalized spacial score (nSPS) is 16.0. The topological polar surface area (TPSA) is 46.2 Å². The predicted molar refractivity (Wildman–Crippen MR) is 83.6 cm³/mol. The van der Waals surface area contributed by atoms with Gasteiger partial charge in [0.15, 0.2) is 0 Å². The molecule has 0 atom stereocenters. The van der Waals surface area contributed by atoms with Gasteiger partial charge in [-0.25, -0.2) is 13.1 Å². The van der Waals surface area contributed by atoms with Gasteiger partial charge in [0.25, 0.3) is 0 Å². The van der Waals surface area contributed by atoms with Crippen molar-refractivity contribution < 1.29 is 8.42 Å². The Morgan fingerprint density at radius 3 is 2.65 bits per heavy atom. The van der Waals surface area contributed by atoms with Crippen LogP contribution in [0.2, 0.25) is 10.0 Å². The molecule has 0 unspecified atom stereocenters. The minimum absolute atomic E-state index is 0.129. The summed E-state index contributed by atoms with van der Waals surface area (Å²) < 4.78 is 26.7. The molecule has 1 N–H and O–H groups in total. The molecule has 0 spiro atoms. The fourth-order valence-electron chi connectivity index (χ4n) is 2.16. The van der Waals surface area contributed by atoms with E-state index in [1.807, 2.05) is 0 Å². The zero-order valence-electron chi connectivity index (χ0n) is 11.0. The quantitative estimate of drug-likeness (QED) is 0.830. The Morgan fingerprint density at radius 2 is 2.00 bits per heavy atom. The van der Waals surface area contributed by atoms with E-state index in [2.05, 4.69) is 10.8 Å². The molecule has 0 saturated carbocycles. The van der Waals surface area contributed by atoms with Gasteiger partial charge in [-0.3, -0.25) is 0 Å². The van der Waals surface area contributed by atoms with Crippen molar-refractivity contribution in [3.8, 4) is 0 Å². The van der Waals surface area contributed by atoms with Crippen LogP contribution in [-0.2, 0) is 15.8 Å². The molecule has 2 rings (SSSR count). The number of hydrogen-bond donors (Lipinski definition) is 1. The summed E-state index contributed by atoms with van der Waals surface area (Å²) in [5, 5.41) is 0.872. The van der Waals surface area contributed by atoms with Crippen molar-refractivity contribution in [2.24, 2.45) is 0 Å². The number of nitrogens with one attached hydrogen (secondary N) is 1. The fourth-order valence-corrected chi connectivity index (χ4v) is 3.89. The van der Waals surface area contributed by atoms with Gasteiger partial charge in [0, 0.05) is 16.6 Å². The van der Waals surface area contributed by atoms with E-state index >= 15 is 0 Å². The molecular weight excluding hydrogens is 317 g/mol. The predicted octanol–water partition coefficient (Wildman–Crippen LogP) is 3.91. The van der Waals surface area contributed by atoms with Crippen LogP contribution in [0.3, 0.4) is 0 Å². The van der Waals surface area contributed by atoms with Crippen LogP contribution in [0.5, 0.6) is 0 Å². The highest BCUT2D eigenvalue weighted by Crippen LogP contribution is 2.23. The maximum Gasteiger partial charge on any atom is 0.216 e. The van der Waals surface area contributed by atoms with Crippen molar-refractivity contribution in [1.82, 2.24) is 4.72 Å². The first-order valence-electron chi connectivity index (χ1n) is 6.55. The summed E-state index contributed by atoms with van der Waals surface area (Å²) >= 11 is 11.8. The molecule has 1 aromatic carbocycles. The van der Waals surface area contributed by atoms with Crippen LogP contribution >= 0.6 is 23.2 Å². The Labute approximate surface area is 130 Å². The highest BCUT2D eigenvalue weighted by molar-refractivity contribution is 7.88. The van der Waals surface area contributed by atoms with Crippen LogP contribution in [0.25, 0.3) is 0 Å². The first-order valence-corrected chi connectivity index (χ1v) is 8.96. The van der Waals surface area contributed by atoms with Crippen molar-refractivity contribution in [2.75, 3.05) is 6.54 Å². The number of rotatable bonds is 5. The van der Waals surface area contributed by atoms with Crippen LogP contribution < -0.4 is 4.72 Å². The third-order valence-corrected chi connectivity index (χ3v) is 5.13. The molecule has 1 aliphatic rings. The first kappa shape index (κ1) is 15.8. The molecule has 0 heterocycles. The van der Waals surface area contributed by atoms with Crippen molar-refractivity contribution in [2.45, 2.75) is 31.4 Å². The largest absolute Gasteiger partial charge is 0.216 e. The van der Waals surface area contributed by atoms with Gasteiger partial charge in [-0.2, -0.15) is 0 Å². The number of benzene rings is 1. The lowest BCUT2D eigenvalue weighted by atomic mass is 10.0. The van der Waals surface area contributed by atoms with Gasteiger partial charge < -0.3 is 0 Å². The van der Waals surface area contributed by atoms with E-state index in [4.69, 9.17) is 23.2 Å². The molecule has 110 valence electrons. The molecule has 1 aliphatic carbocycles. The molecule has 0 amide bonds. The zero-order valence-corrected chi connectivity index (χ0v) is 13.4. The smallest absolute Gasteiger partial charge is 0.212 e. The Balaban J connectivity index is 1.98. The molecular formula is C14H17Cl2NO2S. The molecule has 0 radical (unpaired) electrons. The lowest BCUT2D eigenvalue weighted by Crippen LogP contribution is -2.27. The Bertz CT molecular complexity index is 612. The zero-order chi connectivity index (χ0) is 14.6. The summed E-state index contributed by atoms with van der Waals surface area (Å²) in [6.07, 6.45) is 6.47. The summed E-state index contributed by atoms with van der Waals surface area (Å²) in [5.41, 5.74) is 1.73. The summed E-state index contributed by atoms with van der Waals surface area (Å²) in [6.45, 7) is 0.396. The third kappa shape index (κ3) is 4.77. The monoisotopic (exact) mass is 333 g/mol. The summed E-state index contributed by atoms with van der Waals surface area (Å²) in [6, 6.07) is 4.84. The second-order valence-electron chi connectivity index (χ2n) is 4.92. The molecule has 0 bridgehead atoms. The Morgan fingerprint density at radius 1 is 1.20 bits per heavy atom. The Kier molecular flexibility index (Phi) is 5.49. The van der Waals surface area contributed by atoms with E-state index in [1.54, 1.807) is 18.2 Å². The summed E-state index contributed by atoms with van der Waals surface area (Å²) in [7, 11) is -3.39. The molecule has 0 fully saturated rings. The van der Waals surface area contributed by atoms with Gasteiger partial charge in [0.1, 0.15) is 0 Å². The summed E-state index contributed by atoms with van der Waals surface area (Å²) in [4.78, 5) is 0. The van der Waals surface area contributed by atoms with Gasteiger partial charge in [-0.05, 0) is 43.4 Å². The highest BCUT2D eigenvalue weighted by atomic mass is 35.5. The van der Waals surface area contributed by atoms with E-state index in [1.165, 1.54) is 12.0 Å². The van der Waals surface area contributed by atoms with E-state index in [9.17, 15) is 8.42 Å². The maximum atomic E-state index is 12.0. The van der Waals surface area contributed by atoms with Crippen LogP contribution in [0, 0.1) is 0 Å². The van der Waals surface area contributed by atoms with Gasteiger partial charge in [0.05, 0.1) is 5.75 Å². The van der Waals surface area contributed by atoms with Gasteiger partial charge in [-0.15, -0.1) is 0 Å². The second kappa shape index (κ2) is 6.94. The Hall–Kier alpha value is -0.550. The van der Waals surface area contributed by atoms with Crippen molar-refractivity contribution >= 4 is 33.2 Å². The lowest BCUT2D eigenvalue weighted by Gasteiger charge is -2.14. The SMILES string of the molecule is O=S(=O)(Cc1ccc(Cl)cc1Cl)NCC1=CCCCC1. The van der Waals surface area contributed by atoms with Crippen LogP contribution in [0.15, 0.2) is 29.8 Å². The van der Waals surface area contributed by atoms with Gasteiger partial charge >= 0.3 is 0 Å². The molecule has 0 aromatic heterocycles. The van der Waals surface area contributed by atoms with Crippen LogP contribution in [0.4, 0.5) is 0 Å². The maximum absolute atomic E-state index is 12.0. The van der Waals surface area contributed by atoms with E-state index < -0.39 is 10.0 Å². The minimum atomic E-state index is -3.39. The van der Waals surface area contributed by atoms with Gasteiger partial charge in [0.2, 0.25) is 10.0 Å². The molecule has 1 aromatic rings. The van der Waals surface area contributed by atoms with E-state index in [0.717, 1.165) is 19.3 Å². The highest BCUT2D eigenvalue weighted by Gasteiger charge is 2.15. The molecule has 0 aliphatic heterocycles. The number of hydrogen-bond acceptors (Lipinski definition) is 2. The van der Waals surface area contributed by atoms with Crippen molar-refractivity contribution in [1.29, 1.82) is 0 Å². The third-order valence-electron chi connectivity index (χ3n) is 3.26. The fraction of sp³-hybridized carbons (Fsp3) is 0.429. The average molecular weight is 334 g/mol. The number of allylic oxidation sites excluding steroid dienone is 1. The van der Waals surface area contributed by atoms with Crippen LogP contribution in [0.1, 0.15) is 31.2 Å². The lowest BCUT2D eigenvalue weighted by molar-refractivity contribution is 0.581. The molecule has 0 saturated heterocycles. The standard InChI is InChI=1S/C14H17Cl2NO2S/c15-13-7-6-12(14(16)8-13)10-20(18,19)17-9-11-4-2-1-3-5-11/h4,6-8,17H,1-3,5,9-10H2. The summed E-state index contributed by atoms with van der Waals surface area (Å²) in [5.74, 6) is -0.129. The van der Waals surface area contributed by atoms with Crippen LogP contribution in [-0.4, -0.2) is 15.0 Å². The van der Waals surface area contributed by atoms with Crippen molar-refractivity contribution in [3.63, 3.8) is 0 Å². The minimum Gasteiger partial charge on any atom is -0.212 e. The molecule has 20 heavy (non-hydrogen) atoms. The van der Waals surface area contributed by atoms with Gasteiger partial charge in [-0.1, -0.05) is 40.9 Å². The van der Waals surface area contributed by atoms with Crippen molar-refractivity contribution in [3.05, 3.63) is 45.5 Å². The van der Waals surface area contributed by atoms with E-state index in [-0.39, 0.29) is 5.75 Å². The second-order valence-corrected chi connectivity index (χ2v) is 7.57.